The van der Waals surface area contributed by atoms with Gasteiger partial charge in [-0.2, -0.15) is 0 Å². The zero-order valence-corrected chi connectivity index (χ0v) is 20.4. The average molecular weight is 479 g/mol. The van der Waals surface area contributed by atoms with E-state index in [4.69, 9.17) is 9.84 Å². The van der Waals surface area contributed by atoms with E-state index < -0.39 is 18.0 Å². The highest BCUT2D eigenvalue weighted by Gasteiger charge is 2.33. The molecule has 0 aromatic heterocycles. The molecule has 1 unspecified atom stereocenters. The maximum Gasteiger partial charge on any atom is 0.407 e. The van der Waals surface area contributed by atoms with E-state index in [1.807, 2.05) is 38.1 Å². The number of carbonyl (C=O) groups excluding carboxylic acids is 2. The number of hydrogen-bond donors (Lipinski definition) is 2. The zero-order chi connectivity index (χ0) is 24.9. The molecule has 4 rings (SSSR count). The lowest BCUT2D eigenvalue weighted by atomic mass is 9.94. The smallest absolute Gasteiger partial charge is 0.407 e. The van der Waals surface area contributed by atoms with Crippen molar-refractivity contribution >= 4 is 18.0 Å². The van der Waals surface area contributed by atoms with Crippen LogP contribution in [-0.4, -0.2) is 54.2 Å². The van der Waals surface area contributed by atoms with Gasteiger partial charge in [0.25, 0.3) is 0 Å². The molecule has 186 valence electrons. The molecule has 0 bridgehead atoms. The lowest BCUT2D eigenvalue weighted by Crippen LogP contribution is -2.45. The molecular weight excluding hydrogens is 444 g/mol. The SMILES string of the molecule is CC(C)C(CNC(=O)OCC1c2ccccc2-c2ccccc21)C(=O)N(CCC(=O)O)CC1CC1. The highest BCUT2D eigenvalue weighted by atomic mass is 16.5. The van der Waals surface area contributed by atoms with E-state index in [9.17, 15) is 14.4 Å². The molecule has 7 heteroatoms. The van der Waals surface area contributed by atoms with Crippen LogP contribution in [-0.2, 0) is 14.3 Å². The minimum Gasteiger partial charge on any atom is -0.481 e. The van der Waals surface area contributed by atoms with Crippen LogP contribution in [0.1, 0.15) is 50.2 Å². The Bertz CT molecular complexity index is 1030. The van der Waals surface area contributed by atoms with E-state index >= 15 is 0 Å². The third kappa shape index (κ3) is 6.02. The Balaban J connectivity index is 1.35. The number of ether oxygens (including phenoxy) is 1. The van der Waals surface area contributed by atoms with Crippen molar-refractivity contribution in [3.8, 4) is 11.1 Å². The number of benzene rings is 2. The van der Waals surface area contributed by atoms with Crippen LogP contribution in [0.25, 0.3) is 11.1 Å². The van der Waals surface area contributed by atoms with Gasteiger partial charge in [-0.15, -0.1) is 0 Å². The molecule has 2 aromatic carbocycles. The molecule has 2 aliphatic rings. The summed E-state index contributed by atoms with van der Waals surface area (Å²) in [6, 6.07) is 16.3. The third-order valence-corrected chi connectivity index (χ3v) is 7.01. The van der Waals surface area contributed by atoms with E-state index in [1.54, 1.807) is 4.90 Å². The number of amides is 2. The van der Waals surface area contributed by atoms with Crippen molar-refractivity contribution in [1.29, 1.82) is 0 Å². The van der Waals surface area contributed by atoms with Crippen molar-refractivity contribution in [2.75, 3.05) is 26.2 Å². The average Bonchev–Trinajstić information content (AvgIpc) is 3.60. The van der Waals surface area contributed by atoms with Gasteiger partial charge in [0.05, 0.1) is 12.3 Å². The molecule has 2 aromatic rings. The first kappa shape index (κ1) is 24.8. The monoisotopic (exact) mass is 478 g/mol. The quantitative estimate of drug-likeness (QED) is 0.495. The number of carboxylic acids is 1. The van der Waals surface area contributed by atoms with Gasteiger partial charge in [-0.05, 0) is 46.9 Å². The van der Waals surface area contributed by atoms with Gasteiger partial charge < -0.3 is 20.1 Å². The summed E-state index contributed by atoms with van der Waals surface area (Å²) >= 11 is 0. The summed E-state index contributed by atoms with van der Waals surface area (Å²) in [7, 11) is 0. The Morgan fingerprint density at radius 1 is 1.03 bits per heavy atom. The standard InChI is InChI=1S/C28H34N2O5/c1-18(2)24(27(33)30(14-13-26(31)32)16-19-11-12-19)15-29-28(34)35-17-25-22-9-5-3-7-20(22)21-8-4-6-10-23(21)25/h3-10,18-19,24-25H,11-17H2,1-2H3,(H,29,34)(H,31,32). The second-order valence-electron chi connectivity index (χ2n) is 9.93. The van der Waals surface area contributed by atoms with E-state index in [2.05, 4.69) is 29.6 Å². The number of nitrogens with zero attached hydrogens (tertiary/aromatic N) is 1. The Labute approximate surface area is 206 Å². The molecule has 7 nitrogen and oxygen atoms in total. The molecule has 1 fully saturated rings. The molecule has 0 radical (unpaired) electrons. The third-order valence-electron chi connectivity index (χ3n) is 7.01. The van der Waals surface area contributed by atoms with Crippen molar-refractivity contribution in [3.63, 3.8) is 0 Å². The summed E-state index contributed by atoms with van der Waals surface area (Å²) in [5, 5.41) is 11.9. The second kappa shape index (κ2) is 10.9. The van der Waals surface area contributed by atoms with Crippen LogP contribution in [0.2, 0.25) is 0 Å². The molecular formula is C28H34N2O5. The maximum atomic E-state index is 13.3. The van der Waals surface area contributed by atoms with Crippen LogP contribution in [0.4, 0.5) is 4.79 Å². The number of alkyl carbamates (subject to hydrolysis) is 1. The number of rotatable bonds is 11. The van der Waals surface area contributed by atoms with Gasteiger partial charge in [-0.1, -0.05) is 62.4 Å². The molecule has 2 N–H and O–H groups in total. The molecule has 0 spiro atoms. The van der Waals surface area contributed by atoms with Crippen LogP contribution < -0.4 is 5.32 Å². The van der Waals surface area contributed by atoms with Crippen LogP contribution >= 0.6 is 0 Å². The first-order valence-electron chi connectivity index (χ1n) is 12.4. The lowest BCUT2D eigenvalue weighted by molar-refractivity contribution is -0.140. The minimum absolute atomic E-state index is 0.0112. The van der Waals surface area contributed by atoms with Gasteiger partial charge in [0.15, 0.2) is 0 Å². The normalized spacial score (nSPS) is 15.3. The molecule has 2 aliphatic carbocycles. The fraction of sp³-hybridized carbons (Fsp3) is 0.464. The molecule has 1 atom stereocenters. The van der Waals surface area contributed by atoms with Gasteiger partial charge in [0.2, 0.25) is 5.91 Å². The van der Waals surface area contributed by atoms with Gasteiger partial charge in [-0.25, -0.2) is 4.79 Å². The molecule has 1 saturated carbocycles. The van der Waals surface area contributed by atoms with Crippen molar-refractivity contribution in [2.45, 2.75) is 39.0 Å². The maximum absolute atomic E-state index is 13.3. The number of carboxylic acid groups (broad SMARTS) is 1. The van der Waals surface area contributed by atoms with Crippen molar-refractivity contribution in [3.05, 3.63) is 59.7 Å². The number of fused-ring (bicyclic) bond motifs is 3. The first-order chi connectivity index (χ1) is 16.8. The van der Waals surface area contributed by atoms with E-state index in [0.717, 1.165) is 24.0 Å². The Morgan fingerprint density at radius 3 is 2.17 bits per heavy atom. The fourth-order valence-corrected chi connectivity index (χ4v) is 4.82. The second-order valence-corrected chi connectivity index (χ2v) is 9.93. The summed E-state index contributed by atoms with van der Waals surface area (Å²) in [5.41, 5.74) is 4.62. The Kier molecular flexibility index (Phi) is 7.73. The van der Waals surface area contributed by atoms with Crippen LogP contribution in [0.5, 0.6) is 0 Å². The number of nitrogens with one attached hydrogen (secondary N) is 1. The van der Waals surface area contributed by atoms with Gasteiger partial charge in [-0.3, -0.25) is 9.59 Å². The summed E-state index contributed by atoms with van der Waals surface area (Å²) < 4.78 is 5.61. The van der Waals surface area contributed by atoms with Crippen LogP contribution in [0, 0.1) is 17.8 Å². The van der Waals surface area contributed by atoms with Gasteiger partial charge >= 0.3 is 12.1 Å². The fourth-order valence-electron chi connectivity index (χ4n) is 4.82. The first-order valence-corrected chi connectivity index (χ1v) is 12.4. The molecule has 35 heavy (non-hydrogen) atoms. The predicted octanol–water partition coefficient (Wildman–Crippen LogP) is 4.51. The summed E-state index contributed by atoms with van der Waals surface area (Å²) in [4.78, 5) is 38.6. The topological polar surface area (TPSA) is 95.9 Å². The predicted molar refractivity (Wildman–Crippen MR) is 133 cm³/mol. The number of hydrogen-bond acceptors (Lipinski definition) is 4. The van der Waals surface area contributed by atoms with Crippen molar-refractivity contribution in [2.24, 2.45) is 17.8 Å². The van der Waals surface area contributed by atoms with E-state index in [-0.39, 0.29) is 43.9 Å². The van der Waals surface area contributed by atoms with Crippen molar-refractivity contribution < 1.29 is 24.2 Å². The highest BCUT2D eigenvalue weighted by molar-refractivity contribution is 5.81. The number of aliphatic carboxylic acids is 1. The Morgan fingerprint density at radius 2 is 1.63 bits per heavy atom. The highest BCUT2D eigenvalue weighted by Crippen LogP contribution is 2.44. The van der Waals surface area contributed by atoms with Gasteiger partial charge in [0.1, 0.15) is 6.61 Å². The lowest BCUT2D eigenvalue weighted by Gasteiger charge is -2.29. The summed E-state index contributed by atoms with van der Waals surface area (Å²) in [6.07, 6.45) is 1.51. The van der Waals surface area contributed by atoms with Crippen LogP contribution in [0.3, 0.4) is 0 Å². The van der Waals surface area contributed by atoms with E-state index in [1.165, 1.54) is 11.1 Å². The Hall–Kier alpha value is -3.35. The van der Waals surface area contributed by atoms with Crippen LogP contribution in [0.15, 0.2) is 48.5 Å². The summed E-state index contributed by atoms with van der Waals surface area (Å²) in [5.74, 6) is -1.05. The molecule has 2 amide bonds. The largest absolute Gasteiger partial charge is 0.481 e. The van der Waals surface area contributed by atoms with E-state index in [0.29, 0.717) is 12.5 Å². The zero-order valence-electron chi connectivity index (χ0n) is 20.4. The summed E-state index contributed by atoms with van der Waals surface area (Å²) in [6.45, 7) is 5.02. The minimum atomic E-state index is -0.920. The van der Waals surface area contributed by atoms with Crippen molar-refractivity contribution in [1.82, 2.24) is 10.2 Å². The molecule has 0 aliphatic heterocycles. The number of carbonyl (C=O) groups is 3. The molecule has 0 saturated heterocycles. The molecule has 0 heterocycles. The van der Waals surface area contributed by atoms with Gasteiger partial charge in [0, 0.05) is 25.6 Å².